The Balaban J connectivity index is 2.03. The van der Waals surface area contributed by atoms with Crippen LogP contribution < -0.4 is 5.32 Å². The minimum atomic E-state index is 0.342. The van der Waals surface area contributed by atoms with Gasteiger partial charge in [0.25, 0.3) is 0 Å². The molecular weight excluding hydrogens is 250 g/mol. The number of nitrogens with one attached hydrogen (secondary N) is 1. The zero-order chi connectivity index (χ0) is 14.2. The van der Waals surface area contributed by atoms with Crippen molar-refractivity contribution < 1.29 is 0 Å². The van der Waals surface area contributed by atoms with Crippen molar-refractivity contribution in [1.29, 1.82) is 0 Å². The standard InChI is InChI=1S/C15H23N5/c1-3-9-20-15(18-12-19-20)11-14(16-4-2)10-13-7-5-6-8-17-13/h5-8,12,14,16H,3-4,9-11H2,1-2H3. The summed E-state index contributed by atoms with van der Waals surface area (Å²) in [5.41, 5.74) is 1.11. The highest BCUT2D eigenvalue weighted by molar-refractivity contribution is 5.06. The van der Waals surface area contributed by atoms with Crippen LogP contribution in [0.3, 0.4) is 0 Å². The van der Waals surface area contributed by atoms with Gasteiger partial charge in [-0.25, -0.2) is 4.98 Å². The lowest BCUT2D eigenvalue weighted by Crippen LogP contribution is -2.34. The summed E-state index contributed by atoms with van der Waals surface area (Å²) >= 11 is 0. The summed E-state index contributed by atoms with van der Waals surface area (Å²) in [6.45, 7) is 6.15. The maximum Gasteiger partial charge on any atom is 0.138 e. The van der Waals surface area contributed by atoms with E-state index in [2.05, 4.69) is 40.3 Å². The van der Waals surface area contributed by atoms with Crippen LogP contribution in [0.2, 0.25) is 0 Å². The van der Waals surface area contributed by atoms with E-state index in [4.69, 9.17) is 0 Å². The predicted molar refractivity (Wildman–Crippen MR) is 79.4 cm³/mol. The normalized spacial score (nSPS) is 12.5. The lowest BCUT2D eigenvalue weighted by Gasteiger charge is -2.17. The van der Waals surface area contributed by atoms with Crippen molar-refractivity contribution in [1.82, 2.24) is 25.1 Å². The maximum atomic E-state index is 4.41. The van der Waals surface area contributed by atoms with Gasteiger partial charge in [0, 0.05) is 37.3 Å². The van der Waals surface area contributed by atoms with Crippen LogP contribution in [0.4, 0.5) is 0 Å². The SMILES string of the molecule is CCCn1ncnc1CC(Cc1ccccn1)NCC. The third-order valence-electron chi connectivity index (χ3n) is 3.23. The molecule has 0 aliphatic rings. The van der Waals surface area contributed by atoms with E-state index in [1.807, 2.05) is 23.0 Å². The minimum absolute atomic E-state index is 0.342. The molecule has 5 nitrogen and oxygen atoms in total. The van der Waals surface area contributed by atoms with Gasteiger partial charge in [-0.15, -0.1) is 0 Å². The van der Waals surface area contributed by atoms with Crippen LogP contribution in [-0.4, -0.2) is 32.3 Å². The first-order valence-electron chi connectivity index (χ1n) is 7.33. The van der Waals surface area contributed by atoms with E-state index in [1.165, 1.54) is 0 Å². The molecule has 0 saturated heterocycles. The zero-order valence-corrected chi connectivity index (χ0v) is 12.3. The highest BCUT2D eigenvalue weighted by Gasteiger charge is 2.14. The molecule has 5 heteroatoms. The molecule has 0 aromatic carbocycles. The molecule has 2 heterocycles. The van der Waals surface area contributed by atoms with Crippen LogP contribution in [0.25, 0.3) is 0 Å². The van der Waals surface area contributed by atoms with Crippen molar-refractivity contribution >= 4 is 0 Å². The van der Waals surface area contributed by atoms with E-state index < -0.39 is 0 Å². The molecule has 20 heavy (non-hydrogen) atoms. The zero-order valence-electron chi connectivity index (χ0n) is 12.3. The van der Waals surface area contributed by atoms with E-state index in [1.54, 1.807) is 6.33 Å². The molecule has 2 aromatic rings. The molecule has 2 rings (SSSR count). The average molecular weight is 273 g/mol. The monoisotopic (exact) mass is 273 g/mol. The Morgan fingerprint density at radius 2 is 2.10 bits per heavy atom. The molecule has 0 saturated carbocycles. The third kappa shape index (κ3) is 4.13. The molecule has 1 unspecified atom stereocenters. The number of rotatable bonds is 8. The molecule has 2 aromatic heterocycles. The fraction of sp³-hybridized carbons (Fsp3) is 0.533. The van der Waals surface area contributed by atoms with Crippen LogP contribution in [0.5, 0.6) is 0 Å². The molecule has 1 N–H and O–H groups in total. The van der Waals surface area contributed by atoms with Crippen molar-refractivity contribution in [3.05, 3.63) is 42.2 Å². The minimum Gasteiger partial charge on any atom is -0.313 e. The van der Waals surface area contributed by atoms with Crippen LogP contribution in [-0.2, 0) is 19.4 Å². The second-order valence-electron chi connectivity index (χ2n) is 4.88. The summed E-state index contributed by atoms with van der Waals surface area (Å²) in [5.74, 6) is 1.05. The summed E-state index contributed by atoms with van der Waals surface area (Å²) in [5, 5.41) is 7.81. The molecule has 0 aliphatic carbocycles. The molecule has 0 aliphatic heterocycles. The molecule has 0 radical (unpaired) electrons. The molecule has 0 bridgehead atoms. The average Bonchev–Trinajstić information content (AvgIpc) is 2.88. The van der Waals surface area contributed by atoms with Gasteiger partial charge in [0.2, 0.25) is 0 Å². The molecule has 0 spiro atoms. The van der Waals surface area contributed by atoms with Crippen molar-refractivity contribution in [2.45, 2.75) is 45.7 Å². The van der Waals surface area contributed by atoms with Gasteiger partial charge in [0.15, 0.2) is 0 Å². The number of aryl methyl sites for hydroxylation is 1. The summed E-state index contributed by atoms with van der Waals surface area (Å²) in [6, 6.07) is 6.39. The lowest BCUT2D eigenvalue weighted by atomic mass is 10.1. The highest BCUT2D eigenvalue weighted by Crippen LogP contribution is 2.06. The Morgan fingerprint density at radius 1 is 1.20 bits per heavy atom. The van der Waals surface area contributed by atoms with Crippen molar-refractivity contribution in [2.75, 3.05) is 6.54 Å². The molecular formula is C15H23N5. The van der Waals surface area contributed by atoms with E-state index in [0.29, 0.717) is 6.04 Å². The fourth-order valence-corrected chi connectivity index (χ4v) is 2.34. The fourth-order valence-electron chi connectivity index (χ4n) is 2.34. The van der Waals surface area contributed by atoms with E-state index in [0.717, 1.165) is 43.9 Å². The maximum absolute atomic E-state index is 4.41. The summed E-state index contributed by atoms with van der Waals surface area (Å²) in [4.78, 5) is 8.80. The van der Waals surface area contributed by atoms with Crippen molar-refractivity contribution in [3.8, 4) is 0 Å². The summed E-state index contributed by atoms with van der Waals surface area (Å²) in [6.07, 6.45) is 6.35. The Bertz CT molecular complexity index is 494. The predicted octanol–water partition coefficient (Wildman–Crippen LogP) is 1.85. The van der Waals surface area contributed by atoms with Crippen LogP contribution in [0, 0.1) is 0 Å². The van der Waals surface area contributed by atoms with E-state index in [-0.39, 0.29) is 0 Å². The topological polar surface area (TPSA) is 55.6 Å². The van der Waals surface area contributed by atoms with Gasteiger partial charge in [-0.05, 0) is 25.1 Å². The van der Waals surface area contributed by atoms with Gasteiger partial charge in [-0.2, -0.15) is 5.10 Å². The first-order valence-corrected chi connectivity index (χ1v) is 7.33. The quantitative estimate of drug-likeness (QED) is 0.797. The first kappa shape index (κ1) is 14.7. The highest BCUT2D eigenvalue weighted by atomic mass is 15.3. The van der Waals surface area contributed by atoms with Crippen molar-refractivity contribution in [2.24, 2.45) is 0 Å². The van der Waals surface area contributed by atoms with E-state index >= 15 is 0 Å². The van der Waals surface area contributed by atoms with Crippen LogP contribution >= 0.6 is 0 Å². The Labute approximate surface area is 120 Å². The number of nitrogens with zero attached hydrogens (tertiary/aromatic N) is 4. The largest absolute Gasteiger partial charge is 0.313 e. The van der Waals surface area contributed by atoms with Gasteiger partial charge in [0.05, 0.1) is 0 Å². The molecule has 0 amide bonds. The second-order valence-corrected chi connectivity index (χ2v) is 4.88. The smallest absolute Gasteiger partial charge is 0.138 e. The Kier molecular flexibility index (Phi) is 5.68. The molecule has 1 atom stereocenters. The number of hydrogen-bond acceptors (Lipinski definition) is 4. The van der Waals surface area contributed by atoms with Gasteiger partial charge in [-0.1, -0.05) is 19.9 Å². The number of pyridine rings is 1. The van der Waals surface area contributed by atoms with E-state index in [9.17, 15) is 0 Å². The first-order chi connectivity index (χ1) is 9.83. The number of likely N-dealkylation sites (N-methyl/N-ethyl adjacent to an activating group) is 1. The Morgan fingerprint density at radius 3 is 2.80 bits per heavy atom. The number of aromatic nitrogens is 4. The molecule has 108 valence electrons. The van der Waals surface area contributed by atoms with Gasteiger partial charge < -0.3 is 5.32 Å². The van der Waals surface area contributed by atoms with Gasteiger partial charge in [-0.3, -0.25) is 9.67 Å². The Hall–Kier alpha value is -1.75. The summed E-state index contributed by atoms with van der Waals surface area (Å²) in [7, 11) is 0. The lowest BCUT2D eigenvalue weighted by molar-refractivity contribution is 0.479. The van der Waals surface area contributed by atoms with Crippen LogP contribution in [0.15, 0.2) is 30.7 Å². The second kappa shape index (κ2) is 7.75. The third-order valence-corrected chi connectivity index (χ3v) is 3.23. The number of hydrogen-bond donors (Lipinski definition) is 1. The molecule has 0 fully saturated rings. The van der Waals surface area contributed by atoms with Gasteiger partial charge >= 0.3 is 0 Å². The van der Waals surface area contributed by atoms with Crippen molar-refractivity contribution in [3.63, 3.8) is 0 Å². The van der Waals surface area contributed by atoms with Crippen LogP contribution in [0.1, 0.15) is 31.8 Å². The van der Waals surface area contributed by atoms with Gasteiger partial charge in [0.1, 0.15) is 12.2 Å². The summed E-state index contributed by atoms with van der Waals surface area (Å²) < 4.78 is 2.00.